The first-order valence-electron chi connectivity index (χ1n) is 5.95. The van der Waals surface area contributed by atoms with Crippen molar-refractivity contribution in [1.82, 2.24) is 5.32 Å². The number of amides is 1. The van der Waals surface area contributed by atoms with Gasteiger partial charge in [-0.05, 0) is 30.4 Å². The van der Waals surface area contributed by atoms with Gasteiger partial charge in [-0.15, -0.1) is 11.8 Å². The predicted molar refractivity (Wildman–Crippen MR) is 68.6 cm³/mol. The standard InChI is InChI=1S/C12H23NO2S/c1-12(2,3)7-9(8-14)13-11(15)10-5-4-6-16-10/h9-10,14H,4-8H2,1-3H3,(H,13,15). The molecule has 0 aromatic carbocycles. The summed E-state index contributed by atoms with van der Waals surface area (Å²) in [5.74, 6) is 1.19. The summed E-state index contributed by atoms with van der Waals surface area (Å²) in [7, 11) is 0. The molecule has 94 valence electrons. The van der Waals surface area contributed by atoms with Crippen LogP contribution in [-0.4, -0.2) is 34.7 Å². The topological polar surface area (TPSA) is 49.3 Å². The maximum absolute atomic E-state index is 11.9. The maximum Gasteiger partial charge on any atom is 0.233 e. The molecule has 1 aliphatic rings. The van der Waals surface area contributed by atoms with E-state index in [0.717, 1.165) is 25.0 Å². The molecule has 2 unspecified atom stereocenters. The summed E-state index contributed by atoms with van der Waals surface area (Å²) < 4.78 is 0. The van der Waals surface area contributed by atoms with Crippen molar-refractivity contribution < 1.29 is 9.90 Å². The van der Waals surface area contributed by atoms with Gasteiger partial charge in [-0.25, -0.2) is 0 Å². The highest BCUT2D eigenvalue weighted by molar-refractivity contribution is 8.00. The van der Waals surface area contributed by atoms with Crippen LogP contribution in [0.25, 0.3) is 0 Å². The Kier molecular flexibility index (Phi) is 5.12. The van der Waals surface area contributed by atoms with Crippen molar-refractivity contribution in [2.45, 2.75) is 51.3 Å². The van der Waals surface area contributed by atoms with E-state index in [1.54, 1.807) is 11.8 Å². The minimum absolute atomic E-state index is 0.0282. The van der Waals surface area contributed by atoms with E-state index >= 15 is 0 Å². The summed E-state index contributed by atoms with van der Waals surface area (Å²) in [6, 6.07) is -0.103. The zero-order chi connectivity index (χ0) is 12.2. The van der Waals surface area contributed by atoms with E-state index in [4.69, 9.17) is 0 Å². The van der Waals surface area contributed by atoms with Crippen molar-refractivity contribution in [2.24, 2.45) is 5.41 Å². The third-order valence-electron chi connectivity index (χ3n) is 2.65. The molecule has 0 aromatic heterocycles. The number of thioether (sulfide) groups is 1. The fourth-order valence-corrected chi connectivity index (χ4v) is 3.15. The highest BCUT2D eigenvalue weighted by Gasteiger charge is 2.26. The molecule has 0 aromatic rings. The zero-order valence-electron chi connectivity index (χ0n) is 10.5. The average molecular weight is 245 g/mol. The van der Waals surface area contributed by atoms with E-state index in [1.165, 1.54) is 0 Å². The molecule has 1 saturated heterocycles. The lowest BCUT2D eigenvalue weighted by atomic mass is 9.88. The van der Waals surface area contributed by atoms with Crippen LogP contribution >= 0.6 is 11.8 Å². The van der Waals surface area contributed by atoms with Crippen LogP contribution in [0.4, 0.5) is 0 Å². The third-order valence-corrected chi connectivity index (χ3v) is 4.02. The van der Waals surface area contributed by atoms with Gasteiger partial charge in [0.05, 0.1) is 17.9 Å². The summed E-state index contributed by atoms with van der Waals surface area (Å²) in [4.78, 5) is 11.9. The molecular formula is C12H23NO2S. The molecular weight excluding hydrogens is 222 g/mol. The number of nitrogens with one attached hydrogen (secondary N) is 1. The average Bonchev–Trinajstić information content (AvgIpc) is 2.67. The second-order valence-corrected chi connectivity index (χ2v) is 6.97. The van der Waals surface area contributed by atoms with Crippen LogP contribution in [0.1, 0.15) is 40.0 Å². The molecule has 0 aliphatic carbocycles. The molecule has 2 N–H and O–H groups in total. The second-order valence-electron chi connectivity index (χ2n) is 5.65. The van der Waals surface area contributed by atoms with E-state index in [9.17, 15) is 9.90 Å². The number of aliphatic hydroxyl groups excluding tert-OH is 1. The molecule has 1 aliphatic heterocycles. The second kappa shape index (κ2) is 5.92. The Morgan fingerprint density at radius 3 is 2.69 bits per heavy atom. The predicted octanol–water partition coefficient (Wildman–Crippen LogP) is 1.80. The summed E-state index contributed by atoms with van der Waals surface area (Å²) >= 11 is 1.73. The lowest BCUT2D eigenvalue weighted by Crippen LogP contribution is -2.43. The Hall–Kier alpha value is -0.220. The zero-order valence-corrected chi connectivity index (χ0v) is 11.3. The van der Waals surface area contributed by atoms with Crippen LogP contribution < -0.4 is 5.32 Å². The van der Waals surface area contributed by atoms with Crippen LogP contribution in [0.2, 0.25) is 0 Å². The first kappa shape index (κ1) is 13.8. The van der Waals surface area contributed by atoms with Gasteiger partial charge in [0.2, 0.25) is 5.91 Å². The number of hydrogen-bond acceptors (Lipinski definition) is 3. The Morgan fingerprint density at radius 1 is 1.56 bits per heavy atom. The monoisotopic (exact) mass is 245 g/mol. The number of hydrogen-bond donors (Lipinski definition) is 2. The largest absolute Gasteiger partial charge is 0.394 e. The molecule has 1 fully saturated rings. The van der Waals surface area contributed by atoms with Gasteiger partial charge in [0.15, 0.2) is 0 Å². The summed E-state index contributed by atoms with van der Waals surface area (Å²) in [5, 5.41) is 12.3. The van der Waals surface area contributed by atoms with Crippen molar-refractivity contribution in [1.29, 1.82) is 0 Å². The number of carbonyl (C=O) groups excluding carboxylic acids is 1. The van der Waals surface area contributed by atoms with E-state index < -0.39 is 0 Å². The molecule has 1 rings (SSSR count). The molecule has 0 radical (unpaired) electrons. The molecule has 1 amide bonds. The molecule has 1 heterocycles. The van der Waals surface area contributed by atoms with E-state index in [2.05, 4.69) is 26.1 Å². The maximum atomic E-state index is 11.9. The third kappa shape index (κ3) is 4.74. The molecule has 0 saturated carbocycles. The van der Waals surface area contributed by atoms with Crippen LogP contribution in [0.3, 0.4) is 0 Å². The highest BCUT2D eigenvalue weighted by Crippen LogP contribution is 2.27. The molecule has 2 atom stereocenters. The van der Waals surface area contributed by atoms with Crippen molar-refractivity contribution in [3.63, 3.8) is 0 Å². The van der Waals surface area contributed by atoms with Gasteiger partial charge in [0, 0.05) is 0 Å². The highest BCUT2D eigenvalue weighted by atomic mass is 32.2. The van der Waals surface area contributed by atoms with Crippen LogP contribution in [0, 0.1) is 5.41 Å². The van der Waals surface area contributed by atoms with Crippen molar-refractivity contribution in [3.8, 4) is 0 Å². The van der Waals surface area contributed by atoms with Gasteiger partial charge < -0.3 is 10.4 Å². The van der Waals surface area contributed by atoms with Gasteiger partial charge in [0.1, 0.15) is 0 Å². The smallest absolute Gasteiger partial charge is 0.233 e. The Bertz CT molecular complexity index is 232. The van der Waals surface area contributed by atoms with Crippen molar-refractivity contribution >= 4 is 17.7 Å². The van der Waals surface area contributed by atoms with Gasteiger partial charge in [-0.1, -0.05) is 20.8 Å². The SMILES string of the molecule is CC(C)(C)CC(CO)NC(=O)C1CCCS1. The molecule has 3 nitrogen and oxygen atoms in total. The minimum Gasteiger partial charge on any atom is -0.394 e. The van der Waals surface area contributed by atoms with Gasteiger partial charge in [-0.2, -0.15) is 0 Å². The van der Waals surface area contributed by atoms with Crippen molar-refractivity contribution in [2.75, 3.05) is 12.4 Å². The Labute approximate surface area is 102 Å². The van der Waals surface area contributed by atoms with E-state index in [1.807, 2.05) is 0 Å². The van der Waals surface area contributed by atoms with E-state index in [0.29, 0.717) is 0 Å². The summed E-state index contributed by atoms with van der Waals surface area (Å²) in [6.07, 6.45) is 2.92. The van der Waals surface area contributed by atoms with Gasteiger partial charge in [-0.3, -0.25) is 4.79 Å². The molecule has 16 heavy (non-hydrogen) atoms. The lowest BCUT2D eigenvalue weighted by molar-refractivity contribution is -0.121. The van der Waals surface area contributed by atoms with Crippen LogP contribution in [0.5, 0.6) is 0 Å². The fourth-order valence-electron chi connectivity index (χ4n) is 1.98. The first-order valence-corrected chi connectivity index (χ1v) is 7.00. The molecule has 0 spiro atoms. The number of carbonyl (C=O) groups is 1. The lowest BCUT2D eigenvalue weighted by Gasteiger charge is -2.26. The number of aliphatic hydroxyl groups is 1. The van der Waals surface area contributed by atoms with Crippen LogP contribution in [0.15, 0.2) is 0 Å². The minimum atomic E-state index is -0.103. The molecule has 0 bridgehead atoms. The molecule has 4 heteroatoms. The fraction of sp³-hybridized carbons (Fsp3) is 0.917. The van der Waals surface area contributed by atoms with E-state index in [-0.39, 0.29) is 29.2 Å². The Morgan fingerprint density at radius 2 is 2.25 bits per heavy atom. The summed E-state index contributed by atoms with van der Waals surface area (Å²) in [5.41, 5.74) is 0.128. The quantitative estimate of drug-likeness (QED) is 0.794. The van der Waals surface area contributed by atoms with Crippen molar-refractivity contribution in [3.05, 3.63) is 0 Å². The number of rotatable bonds is 4. The van der Waals surface area contributed by atoms with Gasteiger partial charge in [0.25, 0.3) is 0 Å². The normalized spacial score (nSPS) is 23.1. The summed E-state index contributed by atoms with van der Waals surface area (Å²) in [6.45, 7) is 6.38. The first-order chi connectivity index (χ1) is 7.42. The van der Waals surface area contributed by atoms with Crippen LogP contribution in [-0.2, 0) is 4.79 Å². The van der Waals surface area contributed by atoms with Gasteiger partial charge >= 0.3 is 0 Å². The Balaban J connectivity index is 2.40.